The lowest BCUT2D eigenvalue weighted by Crippen LogP contribution is -2.50. The summed E-state index contributed by atoms with van der Waals surface area (Å²) in [7, 11) is -1.52. The van der Waals surface area contributed by atoms with Crippen molar-refractivity contribution in [2.24, 2.45) is 0 Å². The smallest absolute Gasteiger partial charge is 0.215 e. The molecule has 2 aliphatic rings. The van der Waals surface area contributed by atoms with E-state index in [1.54, 1.807) is 13.3 Å². The zero-order valence-corrected chi connectivity index (χ0v) is 13.2. The summed E-state index contributed by atoms with van der Waals surface area (Å²) in [5.41, 5.74) is 0.458. The first kappa shape index (κ1) is 14.8. The molecule has 0 saturated carbocycles. The molecule has 0 spiro atoms. The second-order valence-corrected chi connectivity index (χ2v) is 8.77. The minimum Gasteiger partial charge on any atom is -0.481 e. The molecule has 1 aromatic heterocycles. The molecule has 1 N–H and O–H groups in total. The van der Waals surface area contributed by atoms with Gasteiger partial charge in [0.15, 0.2) is 9.84 Å². The molecule has 2 aliphatic heterocycles. The molecule has 6 heteroatoms. The van der Waals surface area contributed by atoms with Crippen molar-refractivity contribution >= 4 is 9.84 Å². The van der Waals surface area contributed by atoms with E-state index >= 15 is 0 Å². The highest BCUT2D eigenvalue weighted by molar-refractivity contribution is 7.92. The predicted octanol–water partition coefficient (Wildman–Crippen LogP) is 1.72. The largest absolute Gasteiger partial charge is 0.481 e. The highest BCUT2D eigenvalue weighted by atomic mass is 32.2. The lowest BCUT2D eigenvalue weighted by atomic mass is 9.81. The lowest BCUT2D eigenvalue weighted by Gasteiger charge is -2.44. The maximum atomic E-state index is 12.3. The third-order valence-corrected chi connectivity index (χ3v) is 7.54. The van der Waals surface area contributed by atoms with Gasteiger partial charge in [-0.3, -0.25) is 0 Å². The van der Waals surface area contributed by atoms with Crippen molar-refractivity contribution in [3.63, 3.8) is 0 Å². The molecule has 2 unspecified atom stereocenters. The monoisotopic (exact) mass is 311 g/mol. The summed E-state index contributed by atoms with van der Waals surface area (Å²) >= 11 is 0. The number of ether oxygens (including phenoxy) is 1. The number of nitrogens with zero attached hydrogens (tertiary/aromatic N) is 1. The number of fused-ring (bicyclic) bond motifs is 2. The number of aliphatic hydroxyl groups is 1. The average molecular weight is 311 g/mol. The van der Waals surface area contributed by atoms with Crippen molar-refractivity contribution in [2.45, 2.75) is 55.1 Å². The van der Waals surface area contributed by atoms with Crippen molar-refractivity contribution in [1.82, 2.24) is 4.98 Å². The summed E-state index contributed by atoms with van der Waals surface area (Å²) < 4.78 is 29.8. The number of hydrogen-bond donors (Lipinski definition) is 1. The van der Waals surface area contributed by atoms with E-state index in [0.717, 1.165) is 12.0 Å². The van der Waals surface area contributed by atoms with Gasteiger partial charge >= 0.3 is 0 Å². The minimum atomic E-state index is -3.07. The van der Waals surface area contributed by atoms with Crippen molar-refractivity contribution in [3.05, 3.63) is 23.4 Å². The molecule has 2 bridgehead atoms. The Labute approximate surface area is 125 Å². The Morgan fingerprint density at radius 1 is 1.33 bits per heavy atom. The van der Waals surface area contributed by atoms with Gasteiger partial charge in [0.05, 0.1) is 23.2 Å². The number of methoxy groups -OCH3 is 1. The van der Waals surface area contributed by atoms with E-state index < -0.39 is 25.9 Å². The van der Waals surface area contributed by atoms with Crippen LogP contribution in [0, 0.1) is 6.92 Å². The summed E-state index contributed by atoms with van der Waals surface area (Å²) in [4.78, 5) is 4.22. The molecule has 0 radical (unpaired) electrons. The number of hydrogen-bond acceptors (Lipinski definition) is 5. The number of aromatic nitrogens is 1. The summed E-state index contributed by atoms with van der Waals surface area (Å²) in [6, 6.07) is 1.86. The van der Waals surface area contributed by atoms with Gasteiger partial charge in [-0.2, -0.15) is 0 Å². The van der Waals surface area contributed by atoms with Crippen LogP contribution in [0.5, 0.6) is 5.88 Å². The van der Waals surface area contributed by atoms with Gasteiger partial charge in [-0.1, -0.05) is 6.42 Å². The van der Waals surface area contributed by atoms with Gasteiger partial charge in [-0.05, 0) is 38.7 Å². The van der Waals surface area contributed by atoms with Crippen LogP contribution in [0.3, 0.4) is 0 Å². The standard InChI is InChI=1S/C15H21NO4S/c1-10-6-11(9-16-14(10)20-2)15(17)7-12-4-3-5-13(8-15)21(12,18)19/h6,9,12-13,17H,3-5,7-8H2,1-2H3. The number of aryl methyl sites for hydroxylation is 1. The topological polar surface area (TPSA) is 76.5 Å². The zero-order valence-electron chi connectivity index (χ0n) is 12.4. The van der Waals surface area contributed by atoms with Crippen LogP contribution in [-0.4, -0.2) is 36.1 Å². The number of pyridine rings is 1. The second kappa shape index (κ2) is 4.95. The molecular formula is C15H21NO4S. The van der Waals surface area contributed by atoms with Crippen LogP contribution in [0.2, 0.25) is 0 Å². The van der Waals surface area contributed by atoms with Crippen LogP contribution in [0.15, 0.2) is 12.3 Å². The van der Waals surface area contributed by atoms with Crippen LogP contribution in [0.1, 0.15) is 43.2 Å². The van der Waals surface area contributed by atoms with Gasteiger partial charge in [0.2, 0.25) is 5.88 Å². The maximum Gasteiger partial charge on any atom is 0.215 e. The molecule has 1 aromatic rings. The Bertz CT molecular complexity index is 636. The van der Waals surface area contributed by atoms with Gasteiger partial charge in [0.25, 0.3) is 0 Å². The van der Waals surface area contributed by atoms with Crippen LogP contribution >= 0.6 is 0 Å². The highest BCUT2D eigenvalue weighted by Crippen LogP contribution is 2.46. The zero-order chi connectivity index (χ0) is 15.3. The molecule has 116 valence electrons. The second-order valence-electron chi connectivity index (χ2n) is 6.25. The fourth-order valence-corrected chi connectivity index (χ4v) is 6.26. The maximum absolute atomic E-state index is 12.3. The SMILES string of the molecule is COc1ncc(C2(O)CC3CCCC(C2)S3(=O)=O)cc1C. The molecule has 21 heavy (non-hydrogen) atoms. The average Bonchev–Trinajstić information content (AvgIpc) is 2.40. The normalized spacial score (nSPS) is 34.4. The molecule has 3 heterocycles. The summed E-state index contributed by atoms with van der Waals surface area (Å²) in [6.45, 7) is 1.87. The van der Waals surface area contributed by atoms with E-state index in [4.69, 9.17) is 4.74 Å². The van der Waals surface area contributed by atoms with Gasteiger partial charge in [0, 0.05) is 17.3 Å². The molecule has 0 aromatic carbocycles. The molecular weight excluding hydrogens is 290 g/mol. The van der Waals surface area contributed by atoms with E-state index in [2.05, 4.69) is 4.98 Å². The van der Waals surface area contributed by atoms with E-state index in [9.17, 15) is 13.5 Å². The number of sulfone groups is 1. The first-order valence-electron chi connectivity index (χ1n) is 7.33. The van der Waals surface area contributed by atoms with Crippen molar-refractivity contribution < 1.29 is 18.3 Å². The van der Waals surface area contributed by atoms with E-state index in [-0.39, 0.29) is 12.8 Å². The van der Waals surface area contributed by atoms with E-state index in [1.165, 1.54) is 0 Å². The van der Waals surface area contributed by atoms with Crippen LogP contribution in [0.4, 0.5) is 0 Å². The lowest BCUT2D eigenvalue weighted by molar-refractivity contribution is 0.00459. The van der Waals surface area contributed by atoms with E-state index in [1.807, 2.05) is 13.0 Å². The fraction of sp³-hybridized carbons (Fsp3) is 0.667. The van der Waals surface area contributed by atoms with Gasteiger partial charge in [-0.25, -0.2) is 13.4 Å². The van der Waals surface area contributed by atoms with Gasteiger partial charge in [0.1, 0.15) is 0 Å². The molecule has 0 aliphatic carbocycles. The molecule has 2 saturated heterocycles. The minimum absolute atomic E-state index is 0.277. The Morgan fingerprint density at radius 3 is 2.48 bits per heavy atom. The molecule has 2 fully saturated rings. The third kappa shape index (κ3) is 2.34. The Balaban J connectivity index is 1.97. The molecule has 0 amide bonds. The predicted molar refractivity (Wildman–Crippen MR) is 79.0 cm³/mol. The first-order chi connectivity index (χ1) is 9.87. The third-order valence-electron chi connectivity index (χ3n) is 4.87. The van der Waals surface area contributed by atoms with Crippen molar-refractivity contribution in [1.29, 1.82) is 0 Å². The Hall–Kier alpha value is -1.14. The number of rotatable bonds is 2. The summed E-state index contributed by atoms with van der Waals surface area (Å²) in [6.07, 6.45) is 4.41. The highest BCUT2D eigenvalue weighted by Gasteiger charge is 2.51. The van der Waals surface area contributed by atoms with Gasteiger partial charge in [-0.15, -0.1) is 0 Å². The first-order valence-corrected chi connectivity index (χ1v) is 8.94. The van der Waals surface area contributed by atoms with Crippen LogP contribution < -0.4 is 4.74 Å². The Kier molecular flexibility index (Phi) is 3.48. The van der Waals surface area contributed by atoms with Crippen molar-refractivity contribution in [3.8, 4) is 5.88 Å². The molecule has 3 rings (SSSR count). The summed E-state index contributed by atoms with van der Waals surface area (Å²) in [5, 5.41) is 10.2. The molecule has 2 atom stereocenters. The fourth-order valence-electron chi connectivity index (χ4n) is 3.71. The van der Waals surface area contributed by atoms with Crippen molar-refractivity contribution in [2.75, 3.05) is 7.11 Å². The van der Waals surface area contributed by atoms with Crippen LogP contribution in [-0.2, 0) is 15.4 Å². The van der Waals surface area contributed by atoms with Crippen LogP contribution in [0.25, 0.3) is 0 Å². The van der Waals surface area contributed by atoms with E-state index in [0.29, 0.717) is 24.3 Å². The molecule has 5 nitrogen and oxygen atoms in total. The van der Waals surface area contributed by atoms with Gasteiger partial charge < -0.3 is 9.84 Å². The summed E-state index contributed by atoms with van der Waals surface area (Å²) in [5.74, 6) is 0.533. The quantitative estimate of drug-likeness (QED) is 0.900. The Morgan fingerprint density at radius 2 is 1.95 bits per heavy atom.